The van der Waals surface area contributed by atoms with Gasteiger partial charge in [0.05, 0.1) is 23.9 Å². The predicted molar refractivity (Wildman–Crippen MR) is 124 cm³/mol. The lowest BCUT2D eigenvalue weighted by molar-refractivity contribution is -0.138. The number of methoxy groups -OCH3 is 1. The van der Waals surface area contributed by atoms with Crippen molar-refractivity contribution in [2.24, 2.45) is 5.92 Å². The van der Waals surface area contributed by atoms with Crippen LogP contribution >= 0.6 is 0 Å². The number of nitrogens with zero attached hydrogens (tertiary/aromatic N) is 1. The third-order valence-electron chi connectivity index (χ3n) is 6.01. The van der Waals surface area contributed by atoms with Gasteiger partial charge in [-0.3, -0.25) is 9.59 Å². The Balaban J connectivity index is 2.03. The van der Waals surface area contributed by atoms with Gasteiger partial charge in [0.15, 0.2) is 0 Å². The molecule has 0 heterocycles. The van der Waals surface area contributed by atoms with Crippen LogP contribution in [0.5, 0.6) is 11.5 Å². The number of anilines is 1. The van der Waals surface area contributed by atoms with Gasteiger partial charge in [0.2, 0.25) is 5.91 Å². The minimum atomic E-state index is -4.76. The van der Waals surface area contributed by atoms with Crippen molar-refractivity contribution in [3.63, 3.8) is 0 Å². The first-order valence-corrected chi connectivity index (χ1v) is 11.5. The van der Waals surface area contributed by atoms with Crippen molar-refractivity contribution in [2.45, 2.75) is 58.2 Å². The van der Waals surface area contributed by atoms with E-state index in [9.17, 15) is 27.6 Å². The average Bonchev–Trinajstić information content (AvgIpc) is 2.84. The molecule has 0 atom stereocenters. The number of esters is 1. The van der Waals surface area contributed by atoms with Gasteiger partial charge in [0, 0.05) is 17.5 Å². The van der Waals surface area contributed by atoms with Crippen molar-refractivity contribution in [1.82, 2.24) is 0 Å². The van der Waals surface area contributed by atoms with E-state index in [4.69, 9.17) is 9.47 Å². The van der Waals surface area contributed by atoms with E-state index in [1.165, 1.54) is 31.4 Å². The molecule has 35 heavy (non-hydrogen) atoms. The molecule has 0 radical (unpaired) electrons. The summed E-state index contributed by atoms with van der Waals surface area (Å²) in [5.41, 5.74) is -0.964. The Morgan fingerprint density at radius 3 is 2.31 bits per heavy atom. The van der Waals surface area contributed by atoms with E-state index in [0.717, 1.165) is 38.2 Å². The lowest BCUT2D eigenvalue weighted by Crippen LogP contribution is -2.42. The topological polar surface area (TPSA) is 72.9 Å². The number of aldehydes is 1. The van der Waals surface area contributed by atoms with Gasteiger partial charge >= 0.3 is 12.1 Å². The monoisotopic (exact) mass is 491 g/mol. The molecule has 0 bridgehead atoms. The number of benzene rings is 2. The van der Waals surface area contributed by atoms with E-state index < -0.39 is 23.5 Å². The Hall–Kier alpha value is -3.36. The number of alkyl halides is 3. The molecular formula is C26H28F3NO5. The molecule has 0 saturated heterocycles. The van der Waals surface area contributed by atoms with Crippen LogP contribution in [0.15, 0.2) is 36.4 Å². The summed E-state index contributed by atoms with van der Waals surface area (Å²) in [4.78, 5) is 38.5. The summed E-state index contributed by atoms with van der Waals surface area (Å²) in [6, 6.07) is 6.82. The number of hydrogen-bond donors (Lipinski definition) is 0. The summed E-state index contributed by atoms with van der Waals surface area (Å²) in [5.74, 6) is -1.57. The number of halogens is 3. The van der Waals surface area contributed by atoms with Crippen LogP contribution in [0, 0.1) is 5.92 Å². The van der Waals surface area contributed by atoms with E-state index in [2.05, 4.69) is 0 Å². The number of carbonyl (C=O) groups is 3. The Morgan fingerprint density at radius 2 is 1.74 bits per heavy atom. The summed E-state index contributed by atoms with van der Waals surface area (Å²) in [6.45, 7) is 3.66. The third-order valence-corrected chi connectivity index (χ3v) is 6.01. The van der Waals surface area contributed by atoms with Crippen LogP contribution in [0.1, 0.15) is 72.2 Å². The number of hydrogen-bond acceptors (Lipinski definition) is 5. The standard InChI is InChI=1S/C26H28F3NO5/c1-16(2)30(24(32)18-7-5-4-6-8-18)22-11-10-19(14-20(22)25(33)34-3)35-23-12-9-17(15-31)13-21(23)26(27,28)29/h9-16,18H,4-8H2,1-3H3. The van der Waals surface area contributed by atoms with Crippen LogP contribution in [0.2, 0.25) is 0 Å². The number of carbonyl (C=O) groups excluding carboxylic acids is 3. The molecule has 2 aromatic carbocycles. The van der Waals surface area contributed by atoms with Crippen molar-refractivity contribution < 1.29 is 37.0 Å². The van der Waals surface area contributed by atoms with Gasteiger partial charge in [0.1, 0.15) is 17.8 Å². The summed E-state index contributed by atoms with van der Waals surface area (Å²) in [7, 11) is 1.18. The molecule has 1 saturated carbocycles. The Bertz CT molecular complexity index is 1090. The van der Waals surface area contributed by atoms with Crippen molar-refractivity contribution >= 4 is 23.9 Å². The van der Waals surface area contributed by atoms with Crippen molar-refractivity contribution in [2.75, 3.05) is 12.0 Å². The molecule has 0 aliphatic heterocycles. The van der Waals surface area contributed by atoms with E-state index >= 15 is 0 Å². The van der Waals surface area contributed by atoms with E-state index in [1.807, 2.05) is 13.8 Å². The zero-order valence-corrected chi connectivity index (χ0v) is 19.9. The first kappa shape index (κ1) is 26.2. The zero-order valence-electron chi connectivity index (χ0n) is 19.9. The average molecular weight is 492 g/mol. The van der Waals surface area contributed by atoms with Crippen LogP contribution in [0.4, 0.5) is 18.9 Å². The van der Waals surface area contributed by atoms with Gasteiger partial charge in [-0.05, 0) is 63.1 Å². The molecule has 6 nitrogen and oxygen atoms in total. The van der Waals surface area contributed by atoms with Crippen molar-refractivity contribution in [3.8, 4) is 11.5 Å². The van der Waals surface area contributed by atoms with Crippen LogP contribution in [-0.4, -0.2) is 31.3 Å². The normalized spacial score (nSPS) is 14.5. The molecule has 1 amide bonds. The molecule has 3 rings (SSSR count). The Labute approximate surface area is 202 Å². The van der Waals surface area contributed by atoms with Crippen LogP contribution in [0.3, 0.4) is 0 Å². The fourth-order valence-electron chi connectivity index (χ4n) is 4.32. The van der Waals surface area contributed by atoms with Gasteiger partial charge in [0.25, 0.3) is 0 Å². The van der Waals surface area contributed by atoms with Gasteiger partial charge in [-0.25, -0.2) is 4.79 Å². The summed E-state index contributed by atoms with van der Waals surface area (Å²) >= 11 is 0. The fourth-order valence-corrected chi connectivity index (χ4v) is 4.32. The smallest absolute Gasteiger partial charge is 0.420 e. The molecule has 1 fully saturated rings. The highest BCUT2D eigenvalue weighted by molar-refractivity contribution is 6.04. The maximum absolute atomic E-state index is 13.5. The first-order chi connectivity index (χ1) is 16.6. The maximum atomic E-state index is 13.5. The van der Waals surface area contributed by atoms with Gasteiger partial charge in [-0.15, -0.1) is 0 Å². The highest BCUT2D eigenvalue weighted by Crippen LogP contribution is 2.40. The van der Waals surface area contributed by atoms with Crippen LogP contribution < -0.4 is 9.64 Å². The van der Waals surface area contributed by atoms with Crippen LogP contribution in [0.25, 0.3) is 0 Å². The Morgan fingerprint density at radius 1 is 1.06 bits per heavy atom. The molecule has 0 unspecified atom stereocenters. The van der Waals surface area contributed by atoms with E-state index in [0.29, 0.717) is 18.0 Å². The fraction of sp³-hybridized carbons (Fsp3) is 0.423. The maximum Gasteiger partial charge on any atom is 0.420 e. The predicted octanol–water partition coefficient (Wildman–Crippen LogP) is 6.42. The largest absolute Gasteiger partial charge is 0.465 e. The molecule has 9 heteroatoms. The minimum absolute atomic E-state index is 0.000861. The summed E-state index contributed by atoms with van der Waals surface area (Å²) in [5, 5.41) is 0. The minimum Gasteiger partial charge on any atom is -0.465 e. The second-order valence-electron chi connectivity index (χ2n) is 8.78. The highest BCUT2D eigenvalue weighted by atomic mass is 19.4. The highest BCUT2D eigenvalue weighted by Gasteiger charge is 2.35. The quantitative estimate of drug-likeness (QED) is 0.330. The lowest BCUT2D eigenvalue weighted by Gasteiger charge is -2.33. The van der Waals surface area contributed by atoms with Gasteiger partial charge < -0.3 is 14.4 Å². The second-order valence-corrected chi connectivity index (χ2v) is 8.78. The summed E-state index contributed by atoms with van der Waals surface area (Å²) < 4.78 is 51.0. The SMILES string of the molecule is COC(=O)c1cc(Oc2ccc(C=O)cc2C(F)(F)F)ccc1N(C(=O)C1CCCCC1)C(C)C. The number of ether oxygens (including phenoxy) is 2. The first-order valence-electron chi connectivity index (χ1n) is 11.5. The molecule has 1 aliphatic carbocycles. The number of amides is 1. The van der Waals surface area contributed by atoms with Crippen molar-refractivity contribution in [3.05, 3.63) is 53.1 Å². The van der Waals surface area contributed by atoms with Gasteiger partial charge in [-0.1, -0.05) is 19.3 Å². The Kier molecular flexibility index (Phi) is 8.19. The zero-order chi connectivity index (χ0) is 25.8. The van der Waals surface area contributed by atoms with Gasteiger partial charge in [-0.2, -0.15) is 13.2 Å². The van der Waals surface area contributed by atoms with Crippen LogP contribution in [-0.2, 0) is 15.7 Å². The molecule has 1 aliphatic rings. The van der Waals surface area contributed by atoms with E-state index in [-0.39, 0.29) is 34.7 Å². The van der Waals surface area contributed by atoms with Crippen molar-refractivity contribution in [1.29, 1.82) is 0 Å². The molecule has 188 valence electrons. The molecule has 0 N–H and O–H groups in total. The van der Waals surface area contributed by atoms with E-state index in [1.54, 1.807) is 4.90 Å². The summed E-state index contributed by atoms with van der Waals surface area (Å²) in [6.07, 6.45) is 0.0976. The molecule has 0 aromatic heterocycles. The molecule has 2 aromatic rings. The second kappa shape index (κ2) is 10.9. The lowest BCUT2D eigenvalue weighted by atomic mass is 9.87. The number of rotatable bonds is 7. The molecule has 0 spiro atoms. The molecular weight excluding hydrogens is 463 g/mol. The third kappa shape index (κ3) is 6.01.